The minimum Gasteiger partial charge on any atom is -0.467 e. The molecule has 0 aromatic heterocycles. The molecule has 1 atom stereocenters. The van der Waals surface area contributed by atoms with Crippen LogP contribution >= 0.6 is 23.2 Å². The van der Waals surface area contributed by atoms with Crippen LogP contribution in [-0.2, 0) is 14.3 Å². The molecule has 24 heavy (non-hydrogen) atoms. The van der Waals surface area contributed by atoms with Crippen molar-refractivity contribution in [3.63, 3.8) is 0 Å². The fourth-order valence-electron chi connectivity index (χ4n) is 1.65. The second-order valence-electron chi connectivity index (χ2n) is 4.41. The number of ether oxygens (including phenoxy) is 2. The van der Waals surface area contributed by atoms with Crippen molar-refractivity contribution < 1.29 is 23.9 Å². The van der Waals surface area contributed by atoms with Gasteiger partial charge in [0.15, 0.2) is 0 Å². The molecule has 1 aromatic rings. The van der Waals surface area contributed by atoms with Gasteiger partial charge < -0.3 is 20.1 Å². The summed E-state index contributed by atoms with van der Waals surface area (Å²) in [7, 11) is 1.15. The van der Waals surface area contributed by atoms with E-state index in [1.165, 1.54) is 18.2 Å². The fourth-order valence-corrected chi connectivity index (χ4v) is 2.22. The van der Waals surface area contributed by atoms with Crippen LogP contribution in [0.1, 0.15) is 10.4 Å². The molecule has 0 fully saturated rings. The number of hydrogen-bond donors (Lipinski definition) is 2. The lowest BCUT2D eigenvalue weighted by Gasteiger charge is -2.17. The van der Waals surface area contributed by atoms with E-state index in [1.54, 1.807) is 6.07 Å². The second-order valence-corrected chi connectivity index (χ2v) is 5.23. The Labute approximate surface area is 148 Å². The van der Waals surface area contributed by atoms with Crippen molar-refractivity contribution in [1.29, 1.82) is 0 Å². The zero-order chi connectivity index (χ0) is 18.1. The monoisotopic (exact) mass is 374 g/mol. The number of nitrogens with one attached hydrogen (secondary N) is 2. The average molecular weight is 375 g/mol. The first-order valence-corrected chi connectivity index (χ1v) is 7.50. The zero-order valence-corrected chi connectivity index (χ0v) is 14.3. The van der Waals surface area contributed by atoms with Gasteiger partial charge in [-0.05, 0) is 12.1 Å². The summed E-state index contributed by atoms with van der Waals surface area (Å²) in [5.74, 6) is -1.43. The molecule has 130 valence electrons. The first-order valence-electron chi connectivity index (χ1n) is 6.75. The Kier molecular flexibility index (Phi) is 8.08. The number of carbonyl (C=O) groups is 3. The molecule has 0 saturated heterocycles. The SMILES string of the molecule is C=CCOC(=O)NC[C@H](NC(=O)c1c(Cl)cccc1Cl)C(=O)OC. The molecule has 2 amide bonds. The second kappa shape index (κ2) is 9.79. The lowest BCUT2D eigenvalue weighted by Crippen LogP contribution is -2.49. The van der Waals surface area contributed by atoms with Crippen molar-refractivity contribution in [2.45, 2.75) is 6.04 Å². The van der Waals surface area contributed by atoms with Gasteiger partial charge in [0.05, 0.1) is 29.3 Å². The standard InChI is InChI=1S/C15H16Cl2N2O5/c1-3-7-24-15(22)18-8-11(14(21)23-2)19-13(20)12-9(16)5-4-6-10(12)17/h3-6,11H,1,7-8H2,2H3,(H,18,22)(H,19,20)/t11-/m0/s1. The molecule has 0 unspecified atom stereocenters. The number of rotatable bonds is 7. The summed E-state index contributed by atoms with van der Waals surface area (Å²) < 4.78 is 9.30. The molecule has 0 radical (unpaired) electrons. The van der Waals surface area contributed by atoms with E-state index >= 15 is 0 Å². The van der Waals surface area contributed by atoms with Crippen molar-refractivity contribution in [3.8, 4) is 0 Å². The van der Waals surface area contributed by atoms with Crippen LogP contribution in [0.2, 0.25) is 10.0 Å². The normalized spacial score (nSPS) is 11.1. The minimum absolute atomic E-state index is 0.0102. The molecule has 1 rings (SSSR count). The van der Waals surface area contributed by atoms with Gasteiger partial charge in [-0.3, -0.25) is 4.79 Å². The van der Waals surface area contributed by atoms with Gasteiger partial charge in [0, 0.05) is 0 Å². The Balaban J connectivity index is 2.79. The minimum atomic E-state index is -1.15. The lowest BCUT2D eigenvalue weighted by atomic mass is 10.2. The van der Waals surface area contributed by atoms with Crippen LogP contribution < -0.4 is 10.6 Å². The topological polar surface area (TPSA) is 93.7 Å². The summed E-state index contributed by atoms with van der Waals surface area (Å²) in [5, 5.41) is 4.99. The molecule has 2 N–H and O–H groups in total. The van der Waals surface area contributed by atoms with Crippen LogP contribution in [0.3, 0.4) is 0 Å². The van der Waals surface area contributed by atoms with E-state index in [-0.39, 0.29) is 28.8 Å². The first-order chi connectivity index (χ1) is 11.4. The quantitative estimate of drug-likeness (QED) is 0.563. The predicted octanol–water partition coefficient (Wildman–Crippen LogP) is 2.18. The van der Waals surface area contributed by atoms with Crippen LogP contribution in [0.5, 0.6) is 0 Å². The third-order valence-corrected chi connectivity index (χ3v) is 3.39. The number of hydrogen-bond acceptors (Lipinski definition) is 5. The van der Waals surface area contributed by atoms with Crippen LogP contribution in [0, 0.1) is 0 Å². The molecule has 7 nitrogen and oxygen atoms in total. The Morgan fingerprint density at radius 1 is 1.29 bits per heavy atom. The van der Waals surface area contributed by atoms with E-state index in [9.17, 15) is 14.4 Å². The molecule has 0 saturated carbocycles. The summed E-state index contributed by atoms with van der Waals surface area (Å²) in [6.07, 6.45) is 0.618. The third kappa shape index (κ3) is 5.75. The number of alkyl carbamates (subject to hydrolysis) is 1. The smallest absolute Gasteiger partial charge is 0.407 e. The third-order valence-electron chi connectivity index (χ3n) is 2.76. The average Bonchev–Trinajstić information content (AvgIpc) is 2.55. The van der Waals surface area contributed by atoms with E-state index < -0.39 is 24.0 Å². The molecule has 0 spiro atoms. The first kappa shape index (κ1) is 19.8. The van der Waals surface area contributed by atoms with Crippen molar-refractivity contribution in [2.24, 2.45) is 0 Å². The summed E-state index contributed by atoms with van der Waals surface area (Å²) in [4.78, 5) is 35.4. The number of amides is 2. The van der Waals surface area contributed by atoms with Crippen LogP contribution in [0.4, 0.5) is 4.79 Å². The Morgan fingerprint density at radius 3 is 2.46 bits per heavy atom. The van der Waals surface area contributed by atoms with Gasteiger partial charge in [-0.25, -0.2) is 9.59 Å². The summed E-state index contributed by atoms with van der Waals surface area (Å²) >= 11 is 11.9. The molecule has 1 aromatic carbocycles. The number of benzene rings is 1. The summed E-state index contributed by atoms with van der Waals surface area (Å²) in [6, 6.07) is 3.41. The highest BCUT2D eigenvalue weighted by atomic mass is 35.5. The van der Waals surface area contributed by atoms with Crippen molar-refractivity contribution in [2.75, 3.05) is 20.3 Å². The van der Waals surface area contributed by atoms with Crippen molar-refractivity contribution >= 4 is 41.2 Å². The molecule has 0 aliphatic carbocycles. The Bertz CT molecular complexity index is 616. The van der Waals surface area contributed by atoms with Gasteiger partial charge in [0.1, 0.15) is 12.6 Å². The largest absolute Gasteiger partial charge is 0.467 e. The number of halogens is 2. The zero-order valence-electron chi connectivity index (χ0n) is 12.8. The molecule has 0 aliphatic heterocycles. The molecular formula is C15H16Cl2N2O5. The maximum Gasteiger partial charge on any atom is 0.407 e. The maximum atomic E-state index is 12.3. The summed E-state index contributed by atoms with van der Waals surface area (Å²) in [5.41, 5.74) is 0.0176. The van der Waals surface area contributed by atoms with Crippen LogP contribution in [-0.4, -0.2) is 44.3 Å². The molecule has 0 aliphatic rings. The number of esters is 1. The highest BCUT2D eigenvalue weighted by molar-refractivity contribution is 6.39. The van der Waals surface area contributed by atoms with E-state index in [1.807, 2.05) is 0 Å². The van der Waals surface area contributed by atoms with Gasteiger partial charge in [-0.1, -0.05) is 41.9 Å². The van der Waals surface area contributed by atoms with E-state index in [2.05, 4.69) is 21.9 Å². The highest BCUT2D eigenvalue weighted by Gasteiger charge is 2.25. The fraction of sp³-hybridized carbons (Fsp3) is 0.267. The summed E-state index contributed by atoms with van der Waals surface area (Å²) in [6.45, 7) is 3.17. The van der Waals surface area contributed by atoms with Gasteiger partial charge in [0.2, 0.25) is 0 Å². The molecular weight excluding hydrogens is 359 g/mol. The maximum absolute atomic E-state index is 12.3. The van der Waals surface area contributed by atoms with E-state index in [0.29, 0.717) is 0 Å². The highest BCUT2D eigenvalue weighted by Crippen LogP contribution is 2.24. The van der Waals surface area contributed by atoms with Crippen LogP contribution in [0.25, 0.3) is 0 Å². The van der Waals surface area contributed by atoms with Gasteiger partial charge in [-0.15, -0.1) is 0 Å². The Morgan fingerprint density at radius 2 is 1.92 bits per heavy atom. The van der Waals surface area contributed by atoms with Gasteiger partial charge in [0.25, 0.3) is 5.91 Å². The Hall–Kier alpha value is -2.25. The number of methoxy groups -OCH3 is 1. The van der Waals surface area contributed by atoms with E-state index in [0.717, 1.165) is 7.11 Å². The van der Waals surface area contributed by atoms with Gasteiger partial charge in [-0.2, -0.15) is 0 Å². The predicted molar refractivity (Wildman–Crippen MR) is 89.3 cm³/mol. The number of carbonyl (C=O) groups excluding carboxylic acids is 3. The lowest BCUT2D eigenvalue weighted by molar-refractivity contribution is -0.142. The molecule has 0 bridgehead atoms. The van der Waals surface area contributed by atoms with Crippen molar-refractivity contribution in [3.05, 3.63) is 46.5 Å². The van der Waals surface area contributed by atoms with Gasteiger partial charge >= 0.3 is 12.1 Å². The van der Waals surface area contributed by atoms with Crippen molar-refractivity contribution in [1.82, 2.24) is 10.6 Å². The molecule has 0 heterocycles. The van der Waals surface area contributed by atoms with Crippen LogP contribution in [0.15, 0.2) is 30.9 Å². The van der Waals surface area contributed by atoms with E-state index in [4.69, 9.17) is 27.9 Å². The molecule has 9 heteroatoms.